The van der Waals surface area contributed by atoms with Gasteiger partial charge in [0.1, 0.15) is 0 Å². The Bertz CT molecular complexity index is 568. The van der Waals surface area contributed by atoms with E-state index >= 15 is 0 Å². The van der Waals surface area contributed by atoms with E-state index in [0.29, 0.717) is 5.56 Å². The van der Waals surface area contributed by atoms with Gasteiger partial charge in [0.15, 0.2) is 5.82 Å². The van der Waals surface area contributed by atoms with Gasteiger partial charge in [0, 0.05) is 11.6 Å². The van der Waals surface area contributed by atoms with Crippen molar-refractivity contribution in [3.8, 4) is 11.4 Å². The molecule has 0 aliphatic rings. The van der Waals surface area contributed by atoms with Crippen molar-refractivity contribution in [2.24, 2.45) is 0 Å². The average Bonchev–Trinajstić information content (AvgIpc) is 2.74. The molecular weight excluding hydrogens is 255 g/mol. The fraction of sp³-hybridized carbons (Fsp3) is 0.385. The van der Waals surface area contributed by atoms with E-state index < -0.39 is 12.0 Å². The maximum Gasteiger partial charge on any atom is 0.453 e. The minimum Gasteiger partial charge on any atom is -0.243 e. The molecule has 0 aliphatic heterocycles. The first-order valence-electron chi connectivity index (χ1n) is 5.90. The number of alkyl halides is 3. The Morgan fingerprint density at radius 2 is 1.68 bits per heavy atom. The second-order valence-corrected chi connectivity index (χ2v) is 4.66. The molecule has 0 amide bonds. The SMILES string of the molecule is Cc1ccc(-c2nc(C(F)(F)F)nn2C(C)C)cc1. The van der Waals surface area contributed by atoms with Gasteiger partial charge in [0.25, 0.3) is 5.82 Å². The first kappa shape index (κ1) is 13.6. The zero-order chi connectivity index (χ0) is 14.2. The average molecular weight is 269 g/mol. The summed E-state index contributed by atoms with van der Waals surface area (Å²) in [6, 6.07) is 6.97. The molecule has 0 fully saturated rings. The zero-order valence-corrected chi connectivity index (χ0v) is 10.9. The molecule has 19 heavy (non-hydrogen) atoms. The van der Waals surface area contributed by atoms with Gasteiger partial charge >= 0.3 is 6.18 Å². The minimum absolute atomic E-state index is 0.195. The molecule has 2 aromatic rings. The second-order valence-electron chi connectivity index (χ2n) is 4.66. The third kappa shape index (κ3) is 2.77. The van der Waals surface area contributed by atoms with Gasteiger partial charge in [-0.15, -0.1) is 5.10 Å². The number of benzene rings is 1. The van der Waals surface area contributed by atoms with Crippen molar-refractivity contribution in [1.82, 2.24) is 14.8 Å². The zero-order valence-electron chi connectivity index (χ0n) is 10.9. The minimum atomic E-state index is -4.53. The molecule has 1 heterocycles. The number of aromatic nitrogens is 3. The smallest absolute Gasteiger partial charge is 0.243 e. The standard InChI is InChI=1S/C13H14F3N3/c1-8(2)19-11(10-6-4-9(3)5-7-10)17-12(18-19)13(14,15)16/h4-8H,1-3H3. The van der Waals surface area contributed by atoms with Gasteiger partial charge in [-0.05, 0) is 20.8 Å². The van der Waals surface area contributed by atoms with E-state index in [1.165, 1.54) is 4.68 Å². The van der Waals surface area contributed by atoms with Crippen molar-refractivity contribution < 1.29 is 13.2 Å². The lowest BCUT2D eigenvalue weighted by molar-refractivity contribution is -0.145. The molecule has 0 saturated carbocycles. The predicted molar refractivity (Wildman–Crippen MR) is 65.6 cm³/mol. The highest BCUT2D eigenvalue weighted by Gasteiger charge is 2.37. The van der Waals surface area contributed by atoms with E-state index in [1.54, 1.807) is 26.0 Å². The summed E-state index contributed by atoms with van der Waals surface area (Å²) in [7, 11) is 0. The third-order valence-corrected chi connectivity index (χ3v) is 2.68. The second kappa shape index (κ2) is 4.68. The Hall–Kier alpha value is -1.85. The Labute approximate surface area is 109 Å². The highest BCUT2D eigenvalue weighted by molar-refractivity contribution is 5.55. The molecule has 0 unspecified atom stereocenters. The van der Waals surface area contributed by atoms with E-state index in [0.717, 1.165) is 5.56 Å². The maximum absolute atomic E-state index is 12.7. The van der Waals surface area contributed by atoms with Crippen LogP contribution in [-0.2, 0) is 6.18 Å². The Kier molecular flexibility index (Phi) is 3.34. The summed E-state index contributed by atoms with van der Waals surface area (Å²) >= 11 is 0. The number of hydrogen-bond acceptors (Lipinski definition) is 2. The van der Waals surface area contributed by atoms with Gasteiger partial charge in [-0.1, -0.05) is 29.8 Å². The third-order valence-electron chi connectivity index (χ3n) is 2.68. The molecular formula is C13H14F3N3. The van der Waals surface area contributed by atoms with Crippen LogP contribution in [-0.4, -0.2) is 14.8 Å². The summed E-state index contributed by atoms with van der Waals surface area (Å²) in [6.45, 7) is 5.46. The van der Waals surface area contributed by atoms with Gasteiger partial charge in [0.2, 0.25) is 0 Å². The molecule has 3 nitrogen and oxygen atoms in total. The summed E-state index contributed by atoms with van der Waals surface area (Å²) in [5.74, 6) is -0.862. The fourth-order valence-corrected chi connectivity index (χ4v) is 1.70. The molecule has 1 aromatic carbocycles. The highest BCUT2D eigenvalue weighted by Crippen LogP contribution is 2.30. The van der Waals surface area contributed by atoms with Crippen LogP contribution in [0.3, 0.4) is 0 Å². The normalized spacial score (nSPS) is 12.2. The predicted octanol–water partition coefficient (Wildman–Crippen LogP) is 3.85. The van der Waals surface area contributed by atoms with Gasteiger partial charge in [-0.25, -0.2) is 9.67 Å². The number of rotatable bonds is 2. The molecule has 0 saturated heterocycles. The van der Waals surface area contributed by atoms with Crippen molar-refractivity contribution in [2.75, 3.05) is 0 Å². The van der Waals surface area contributed by atoms with Gasteiger partial charge in [0.05, 0.1) is 0 Å². The van der Waals surface area contributed by atoms with Gasteiger partial charge in [-0.3, -0.25) is 0 Å². The van der Waals surface area contributed by atoms with Gasteiger partial charge < -0.3 is 0 Å². The molecule has 0 N–H and O–H groups in total. The molecule has 1 aromatic heterocycles. The van der Waals surface area contributed by atoms with E-state index in [-0.39, 0.29) is 11.9 Å². The Morgan fingerprint density at radius 3 is 2.16 bits per heavy atom. The van der Waals surface area contributed by atoms with Crippen molar-refractivity contribution in [1.29, 1.82) is 0 Å². The van der Waals surface area contributed by atoms with Crippen LogP contribution < -0.4 is 0 Å². The van der Waals surface area contributed by atoms with E-state index in [4.69, 9.17) is 0 Å². The fourth-order valence-electron chi connectivity index (χ4n) is 1.70. The summed E-state index contributed by atoms with van der Waals surface area (Å²) in [5, 5.41) is 3.56. The number of hydrogen-bond donors (Lipinski definition) is 0. The molecule has 102 valence electrons. The maximum atomic E-state index is 12.7. The topological polar surface area (TPSA) is 30.7 Å². The summed E-state index contributed by atoms with van der Waals surface area (Å²) in [5.41, 5.74) is 1.66. The highest BCUT2D eigenvalue weighted by atomic mass is 19.4. The van der Waals surface area contributed by atoms with Crippen LogP contribution >= 0.6 is 0 Å². The van der Waals surface area contributed by atoms with Gasteiger partial charge in [-0.2, -0.15) is 13.2 Å². The number of aryl methyl sites for hydroxylation is 1. The summed E-state index contributed by atoms with van der Waals surface area (Å²) in [4.78, 5) is 3.63. The Morgan fingerprint density at radius 1 is 1.11 bits per heavy atom. The van der Waals surface area contributed by atoms with E-state index in [2.05, 4.69) is 10.1 Å². The van der Waals surface area contributed by atoms with Crippen molar-refractivity contribution >= 4 is 0 Å². The molecule has 0 bridgehead atoms. The Balaban J connectivity index is 2.55. The van der Waals surface area contributed by atoms with Crippen LogP contribution in [0.5, 0.6) is 0 Å². The summed E-state index contributed by atoms with van der Waals surface area (Å²) < 4.78 is 39.4. The van der Waals surface area contributed by atoms with E-state index in [9.17, 15) is 13.2 Å². The lowest BCUT2D eigenvalue weighted by Crippen LogP contribution is -2.10. The molecule has 0 atom stereocenters. The molecule has 0 aliphatic carbocycles. The first-order chi connectivity index (χ1) is 8.79. The lowest BCUT2D eigenvalue weighted by Gasteiger charge is -2.09. The molecule has 2 rings (SSSR count). The van der Waals surface area contributed by atoms with Crippen LogP contribution in [0.1, 0.15) is 31.3 Å². The number of halogens is 3. The van der Waals surface area contributed by atoms with Crippen LogP contribution in [0.4, 0.5) is 13.2 Å². The van der Waals surface area contributed by atoms with Crippen molar-refractivity contribution in [3.63, 3.8) is 0 Å². The largest absolute Gasteiger partial charge is 0.453 e. The van der Waals surface area contributed by atoms with Crippen molar-refractivity contribution in [2.45, 2.75) is 33.0 Å². The van der Waals surface area contributed by atoms with Crippen LogP contribution in [0.2, 0.25) is 0 Å². The van der Waals surface area contributed by atoms with Crippen LogP contribution in [0, 0.1) is 6.92 Å². The van der Waals surface area contributed by atoms with Crippen LogP contribution in [0.15, 0.2) is 24.3 Å². The number of nitrogens with zero attached hydrogens (tertiary/aromatic N) is 3. The van der Waals surface area contributed by atoms with Crippen molar-refractivity contribution in [3.05, 3.63) is 35.7 Å². The summed E-state index contributed by atoms with van der Waals surface area (Å²) in [6.07, 6.45) is -4.53. The quantitative estimate of drug-likeness (QED) is 0.829. The van der Waals surface area contributed by atoms with Crippen LogP contribution in [0.25, 0.3) is 11.4 Å². The lowest BCUT2D eigenvalue weighted by atomic mass is 10.1. The van der Waals surface area contributed by atoms with E-state index in [1.807, 2.05) is 19.1 Å². The molecule has 0 spiro atoms. The monoisotopic (exact) mass is 269 g/mol. The molecule has 0 radical (unpaired) electrons. The first-order valence-corrected chi connectivity index (χ1v) is 5.90. The molecule has 6 heteroatoms.